The maximum absolute atomic E-state index is 10.1. The second-order valence-electron chi connectivity index (χ2n) is 8.66. The number of ketones is 1. The van der Waals surface area contributed by atoms with Crippen molar-refractivity contribution in [3.63, 3.8) is 0 Å². The summed E-state index contributed by atoms with van der Waals surface area (Å²) in [7, 11) is 0. The molecule has 1 aliphatic carbocycles. The smallest absolute Gasteiger partial charge is 0.197 e. The number of aryl methyl sites for hydroxylation is 1. The Morgan fingerprint density at radius 2 is 1.79 bits per heavy atom. The molecule has 0 fully saturated rings. The molecule has 5 rings (SSSR count). The third kappa shape index (κ3) is 4.17. The Hall–Kier alpha value is -3.08. The minimum absolute atomic E-state index is 0. The molecular weight excluding hydrogens is 593 g/mol. The standard InChI is InChI=1S/C22H17N2.C5H8O3.Ir/c1-13-11-14-8-10-24-21-16-6-7-18-15(5-4-9-23-18)20(16)22(2,3)17(12-13)19(14)21;1-3(6)5(8)4(2)7;/h4-5,7-12H,1-3H3;6,8H,1-2H3;/q-1;;/b;5-3+;. The Kier molecular flexibility index (Phi) is 6.73. The Balaban J connectivity index is 0.000000297. The van der Waals surface area contributed by atoms with E-state index in [1.54, 1.807) is 0 Å². The molecule has 2 aromatic heterocycles. The zero-order valence-electron chi connectivity index (χ0n) is 19.1. The van der Waals surface area contributed by atoms with Crippen molar-refractivity contribution in [2.75, 3.05) is 0 Å². The van der Waals surface area contributed by atoms with E-state index in [4.69, 9.17) is 15.2 Å². The van der Waals surface area contributed by atoms with Crippen molar-refractivity contribution in [1.82, 2.24) is 9.97 Å². The van der Waals surface area contributed by atoms with Gasteiger partial charge in [-0.05, 0) is 58.9 Å². The summed E-state index contributed by atoms with van der Waals surface area (Å²) < 4.78 is 0. The molecule has 0 bridgehead atoms. The van der Waals surface area contributed by atoms with Gasteiger partial charge in [0.05, 0.1) is 0 Å². The third-order valence-electron chi connectivity index (χ3n) is 5.93. The van der Waals surface area contributed by atoms with Crippen molar-refractivity contribution < 1.29 is 35.1 Å². The van der Waals surface area contributed by atoms with Crippen molar-refractivity contribution in [3.8, 4) is 11.3 Å². The number of aromatic nitrogens is 2. The Bertz CT molecular complexity index is 1420. The molecule has 0 saturated heterocycles. The number of pyridine rings is 2. The van der Waals surface area contributed by atoms with Gasteiger partial charge in [0.1, 0.15) is 5.76 Å². The number of aliphatic hydroxyl groups is 2. The number of hydrogen-bond acceptors (Lipinski definition) is 5. The van der Waals surface area contributed by atoms with Gasteiger partial charge in [-0.2, -0.15) is 0 Å². The molecule has 0 atom stereocenters. The van der Waals surface area contributed by atoms with E-state index in [-0.39, 0.29) is 31.3 Å². The SMILES string of the molecule is CC(=O)/C(O)=C(/C)O.Cc1cc2c3c(nccc3c1)-c1[c-]cc3ncccc3c1C2(C)C.[Ir]. The number of hydrogen-bond donors (Lipinski definition) is 2. The molecule has 1 radical (unpaired) electrons. The molecule has 0 unspecified atom stereocenters. The predicted octanol–water partition coefficient (Wildman–Crippen LogP) is 6.12. The Morgan fingerprint density at radius 3 is 2.42 bits per heavy atom. The first-order valence-electron chi connectivity index (χ1n) is 10.4. The van der Waals surface area contributed by atoms with Gasteiger partial charge in [0.2, 0.25) is 0 Å². The molecule has 2 N–H and O–H groups in total. The largest absolute Gasteiger partial charge is 0.509 e. The van der Waals surface area contributed by atoms with E-state index in [1.807, 2.05) is 24.5 Å². The fraction of sp³-hybridized carbons (Fsp3) is 0.222. The number of carbonyl (C=O) groups excluding carboxylic acids is 1. The molecule has 0 spiro atoms. The van der Waals surface area contributed by atoms with E-state index in [0.717, 1.165) is 16.8 Å². The van der Waals surface area contributed by atoms with Crippen molar-refractivity contribution >= 4 is 27.5 Å². The number of benzene rings is 2. The quantitative estimate of drug-likeness (QED) is 0.153. The summed E-state index contributed by atoms with van der Waals surface area (Å²) in [5, 5.41) is 20.6. The van der Waals surface area contributed by atoms with Crippen LogP contribution in [0.4, 0.5) is 0 Å². The van der Waals surface area contributed by atoms with E-state index >= 15 is 0 Å². The van der Waals surface area contributed by atoms with Crippen LogP contribution in [0.3, 0.4) is 0 Å². The molecule has 2 aromatic carbocycles. The van der Waals surface area contributed by atoms with Gasteiger partial charge in [-0.3, -0.25) is 4.79 Å². The van der Waals surface area contributed by atoms with E-state index in [1.165, 1.54) is 46.7 Å². The number of carbonyl (C=O) groups is 1. The molecule has 0 saturated carbocycles. The summed E-state index contributed by atoms with van der Waals surface area (Å²) in [6.45, 7) is 9.19. The van der Waals surface area contributed by atoms with E-state index in [2.05, 4.69) is 56.1 Å². The summed E-state index contributed by atoms with van der Waals surface area (Å²) in [6.07, 6.45) is 3.75. The second kappa shape index (κ2) is 9.05. The second-order valence-corrected chi connectivity index (χ2v) is 8.66. The minimum atomic E-state index is -0.565. The fourth-order valence-corrected chi connectivity index (χ4v) is 4.47. The van der Waals surface area contributed by atoms with Gasteiger partial charge in [0.25, 0.3) is 0 Å². The summed E-state index contributed by atoms with van der Waals surface area (Å²) in [5.74, 6) is -1.42. The third-order valence-corrected chi connectivity index (χ3v) is 5.93. The average Bonchev–Trinajstić information content (AvgIpc) is 2.76. The number of rotatable bonds is 1. The number of aliphatic hydroxyl groups excluding tert-OH is 2. The number of fused-ring (bicyclic) bond motifs is 4. The summed E-state index contributed by atoms with van der Waals surface area (Å²) in [5.41, 5.74) is 6.95. The minimum Gasteiger partial charge on any atom is -0.509 e. The van der Waals surface area contributed by atoms with E-state index < -0.39 is 11.5 Å². The van der Waals surface area contributed by atoms with Crippen LogP contribution in [0.25, 0.3) is 32.9 Å². The van der Waals surface area contributed by atoms with Crippen LogP contribution in [0.2, 0.25) is 0 Å². The van der Waals surface area contributed by atoms with Crippen LogP contribution < -0.4 is 0 Å². The van der Waals surface area contributed by atoms with Crippen LogP contribution in [0, 0.1) is 13.0 Å². The van der Waals surface area contributed by atoms with Crippen LogP contribution in [0.1, 0.15) is 44.4 Å². The van der Waals surface area contributed by atoms with Crippen molar-refractivity contribution in [1.29, 1.82) is 0 Å². The molecule has 1 aliphatic rings. The Morgan fingerprint density at radius 1 is 1.06 bits per heavy atom. The van der Waals surface area contributed by atoms with Gasteiger partial charge in [0.15, 0.2) is 11.5 Å². The van der Waals surface area contributed by atoms with Gasteiger partial charge in [-0.1, -0.05) is 43.0 Å². The summed E-state index contributed by atoms with van der Waals surface area (Å²) in [6, 6.07) is 16.3. The molecular formula is C27H25IrN2O3-. The van der Waals surface area contributed by atoms with Crippen LogP contribution in [0.15, 0.2) is 60.3 Å². The topological polar surface area (TPSA) is 83.3 Å². The maximum Gasteiger partial charge on any atom is 0.197 e. The van der Waals surface area contributed by atoms with E-state index in [9.17, 15) is 4.79 Å². The molecule has 0 amide bonds. The van der Waals surface area contributed by atoms with Gasteiger partial charge >= 0.3 is 0 Å². The maximum atomic E-state index is 10.1. The summed E-state index contributed by atoms with van der Waals surface area (Å²) >= 11 is 0. The first kappa shape index (κ1) is 24.6. The first-order valence-corrected chi connectivity index (χ1v) is 10.4. The number of nitrogens with zero attached hydrogens (tertiary/aromatic N) is 2. The Labute approximate surface area is 206 Å². The first-order chi connectivity index (χ1) is 15.1. The monoisotopic (exact) mass is 618 g/mol. The van der Waals surface area contributed by atoms with Crippen LogP contribution in [0.5, 0.6) is 0 Å². The molecule has 33 heavy (non-hydrogen) atoms. The van der Waals surface area contributed by atoms with Crippen molar-refractivity contribution in [2.45, 2.75) is 40.0 Å². The zero-order valence-corrected chi connectivity index (χ0v) is 21.5. The van der Waals surface area contributed by atoms with Crippen LogP contribution in [-0.2, 0) is 30.3 Å². The van der Waals surface area contributed by atoms with Crippen molar-refractivity contribution in [3.05, 3.63) is 83.1 Å². The van der Waals surface area contributed by atoms with Crippen molar-refractivity contribution in [2.24, 2.45) is 0 Å². The van der Waals surface area contributed by atoms with Gasteiger partial charge in [0, 0.05) is 39.4 Å². The normalized spacial score (nSPS) is 13.8. The molecule has 171 valence electrons. The predicted molar refractivity (Wildman–Crippen MR) is 127 cm³/mol. The number of allylic oxidation sites excluding steroid dienone is 2. The van der Waals surface area contributed by atoms with Gasteiger partial charge in [-0.15, -0.1) is 23.3 Å². The molecule has 5 nitrogen and oxygen atoms in total. The number of Topliss-reactive ketones (excluding diaryl/α,β-unsaturated/α-hetero) is 1. The summed E-state index contributed by atoms with van der Waals surface area (Å²) in [4.78, 5) is 19.4. The van der Waals surface area contributed by atoms with Gasteiger partial charge in [-0.25, -0.2) is 0 Å². The van der Waals surface area contributed by atoms with Gasteiger partial charge < -0.3 is 20.2 Å². The molecule has 6 heteroatoms. The van der Waals surface area contributed by atoms with E-state index in [0.29, 0.717) is 0 Å². The van der Waals surface area contributed by atoms with Crippen LogP contribution >= 0.6 is 0 Å². The molecule has 2 heterocycles. The average molecular weight is 618 g/mol. The fourth-order valence-electron chi connectivity index (χ4n) is 4.47. The zero-order chi connectivity index (χ0) is 23.2. The molecule has 4 aromatic rings. The van der Waals surface area contributed by atoms with Crippen LogP contribution in [-0.4, -0.2) is 26.0 Å². The molecule has 0 aliphatic heterocycles.